The monoisotopic (exact) mass is 336 g/mol. The van der Waals surface area contributed by atoms with Gasteiger partial charge in [-0.05, 0) is 85.4 Å². The Morgan fingerprint density at radius 3 is 1.96 bits per heavy atom. The molecule has 0 N–H and O–H groups in total. The van der Waals surface area contributed by atoms with Gasteiger partial charge < -0.3 is 0 Å². The first-order chi connectivity index (χ1) is 11.0. The molecule has 0 bridgehead atoms. The fraction of sp³-hybridized carbons (Fsp3) is 1.00. The van der Waals surface area contributed by atoms with Gasteiger partial charge in [0.05, 0.1) is 0 Å². The number of hydrogen-bond acceptors (Lipinski definition) is 0. The Morgan fingerprint density at radius 1 is 0.833 bits per heavy atom. The summed E-state index contributed by atoms with van der Waals surface area (Å²) < 4.78 is 0. The van der Waals surface area contributed by atoms with E-state index < -0.39 is 0 Å². The minimum atomic E-state index is 0. The van der Waals surface area contributed by atoms with Crippen molar-refractivity contribution in [2.24, 2.45) is 46.8 Å². The van der Waals surface area contributed by atoms with Crippen LogP contribution in [0.25, 0.3) is 0 Å². The maximum atomic E-state index is 2.66. The van der Waals surface area contributed by atoms with E-state index in [-0.39, 0.29) is 7.43 Å². The summed E-state index contributed by atoms with van der Waals surface area (Å²) in [6.07, 6.45) is 12.1. The van der Waals surface area contributed by atoms with Crippen molar-refractivity contribution < 1.29 is 0 Å². The van der Waals surface area contributed by atoms with Crippen LogP contribution in [0.5, 0.6) is 0 Å². The SMILES string of the molecule is C.CC.CCC1CCC2C3CCC(C(C)C)C3CCC2C1(C)CC. The molecular formula is C24H48. The van der Waals surface area contributed by atoms with E-state index in [1.54, 1.807) is 25.7 Å². The minimum absolute atomic E-state index is 0. The first-order valence-electron chi connectivity index (χ1n) is 11.0. The first-order valence-corrected chi connectivity index (χ1v) is 11.0. The lowest BCUT2D eigenvalue weighted by Gasteiger charge is -2.56. The molecule has 0 heterocycles. The lowest BCUT2D eigenvalue weighted by molar-refractivity contribution is -0.0725. The molecule has 7 atom stereocenters. The zero-order valence-corrected chi connectivity index (χ0v) is 17.2. The van der Waals surface area contributed by atoms with Crippen LogP contribution in [0.1, 0.15) is 107 Å². The topological polar surface area (TPSA) is 0 Å². The maximum Gasteiger partial charge on any atom is -0.0269 e. The van der Waals surface area contributed by atoms with Crippen LogP contribution < -0.4 is 0 Å². The zero-order chi connectivity index (χ0) is 17.2. The summed E-state index contributed by atoms with van der Waals surface area (Å²) in [5.41, 5.74) is 0.651. The average Bonchev–Trinajstić information content (AvgIpc) is 3.01. The lowest BCUT2D eigenvalue weighted by Crippen LogP contribution is -2.49. The van der Waals surface area contributed by atoms with Gasteiger partial charge in [0.2, 0.25) is 0 Å². The fourth-order valence-electron chi connectivity index (χ4n) is 7.28. The van der Waals surface area contributed by atoms with Gasteiger partial charge in [0.25, 0.3) is 0 Å². The second kappa shape index (κ2) is 9.09. The van der Waals surface area contributed by atoms with Crippen LogP contribution in [0.15, 0.2) is 0 Å². The molecule has 0 spiro atoms. The van der Waals surface area contributed by atoms with E-state index in [1.165, 1.54) is 25.7 Å². The third-order valence-corrected chi connectivity index (χ3v) is 8.55. The van der Waals surface area contributed by atoms with Gasteiger partial charge in [0, 0.05) is 0 Å². The van der Waals surface area contributed by atoms with Gasteiger partial charge in [-0.1, -0.05) is 68.7 Å². The molecule has 0 aromatic rings. The molecule has 3 aliphatic rings. The van der Waals surface area contributed by atoms with Crippen LogP contribution in [0.4, 0.5) is 0 Å². The Bertz CT molecular complexity index is 357. The number of hydrogen-bond donors (Lipinski definition) is 0. The van der Waals surface area contributed by atoms with Crippen molar-refractivity contribution in [1.82, 2.24) is 0 Å². The fourth-order valence-corrected chi connectivity index (χ4v) is 7.28. The van der Waals surface area contributed by atoms with Gasteiger partial charge in [-0.25, -0.2) is 0 Å². The minimum Gasteiger partial charge on any atom is -0.0776 e. The summed E-state index contributed by atoms with van der Waals surface area (Å²) in [6, 6.07) is 0. The molecule has 0 aromatic carbocycles. The summed E-state index contributed by atoms with van der Waals surface area (Å²) in [6.45, 7) is 16.5. The Hall–Kier alpha value is 0. The summed E-state index contributed by atoms with van der Waals surface area (Å²) in [4.78, 5) is 0. The molecular weight excluding hydrogens is 288 g/mol. The molecule has 3 fully saturated rings. The quantitative estimate of drug-likeness (QED) is 0.487. The highest BCUT2D eigenvalue weighted by molar-refractivity contribution is 5.03. The van der Waals surface area contributed by atoms with Crippen LogP contribution in [-0.2, 0) is 0 Å². The Kier molecular flexibility index (Phi) is 8.35. The van der Waals surface area contributed by atoms with Crippen molar-refractivity contribution in [1.29, 1.82) is 0 Å². The molecule has 0 aliphatic heterocycles. The molecule has 0 radical (unpaired) electrons. The summed E-state index contributed by atoms with van der Waals surface area (Å²) in [5.74, 6) is 7.29. The molecule has 0 amide bonds. The van der Waals surface area contributed by atoms with E-state index in [0.717, 1.165) is 41.4 Å². The van der Waals surface area contributed by atoms with Crippen LogP contribution >= 0.6 is 0 Å². The molecule has 0 aromatic heterocycles. The van der Waals surface area contributed by atoms with Crippen molar-refractivity contribution in [2.75, 3.05) is 0 Å². The lowest BCUT2D eigenvalue weighted by atomic mass is 9.49. The number of rotatable bonds is 3. The molecule has 0 saturated heterocycles. The van der Waals surface area contributed by atoms with Gasteiger partial charge in [-0.2, -0.15) is 0 Å². The number of fused-ring (bicyclic) bond motifs is 3. The normalized spacial score (nSPS) is 44.0. The van der Waals surface area contributed by atoms with E-state index in [0.29, 0.717) is 5.41 Å². The molecule has 0 nitrogen and oxygen atoms in total. The predicted molar refractivity (Wildman–Crippen MR) is 110 cm³/mol. The second-order valence-electron chi connectivity index (χ2n) is 9.20. The standard InChI is InChI=1S/C21H38.C2H6.CH4/c1-6-15-8-9-19-18-11-10-16(14(3)4)17(18)12-13-20(19)21(15,5)7-2;1-2;/h14-20H,6-13H2,1-5H3;1-2H3;1H4. The molecule has 7 unspecified atom stereocenters. The van der Waals surface area contributed by atoms with Crippen molar-refractivity contribution in [3.05, 3.63) is 0 Å². The molecule has 3 aliphatic carbocycles. The highest BCUT2D eigenvalue weighted by Crippen LogP contribution is 2.62. The van der Waals surface area contributed by atoms with Gasteiger partial charge in [-0.3, -0.25) is 0 Å². The van der Waals surface area contributed by atoms with Crippen molar-refractivity contribution in [3.8, 4) is 0 Å². The summed E-state index contributed by atoms with van der Waals surface area (Å²) >= 11 is 0. The van der Waals surface area contributed by atoms with E-state index >= 15 is 0 Å². The smallest absolute Gasteiger partial charge is 0.0269 e. The van der Waals surface area contributed by atoms with Crippen LogP contribution in [-0.4, -0.2) is 0 Å². The zero-order valence-electron chi connectivity index (χ0n) is 17.2. The Balaban J connectivity index is 0.000000925. The van der Waals surface area contributed by atoms with Gasteiger partial charge in [0.1, 0.15) is 0 Å². The third-order valence-electron chi connectivity index (χ3n) is 8.55. The Labute approximate surface area is 154 Å². The highest BCUT2D eigenvalue weighted by atomic mass is 14.6. The summed E-state index contributed by atoms with van der Waals surface area (Å²) in [5, 5.41) is 0. The first kappa shape index (κ1) is 22.0. The molecule has 3 rings (SSSR count). The largest absolute Gasteiger partial charge is 0.0776 e. The van der Waals surface area contributed by atoms with E-state index in [4.69, 9.17) is 0 Å². The molecule has 0 heteroatoms. The maximum absolute atomic E-state index is 2.66. The Morgan fingerprint density at radius 2 is 1.42 bits per heavy atom. The van der Waals surface area contributed by atoms with Crippen molar-refractivity contribution in [2.45, 2.75) is 107 Å². The second-order valence-corrected chi connectivity index (χ2v) is 9.20. The van der Waals surface area contributed by atoms with E-state index in [9.17, 15) is 0 Å². The molecule has 24 heavy (non-hydrogen) atoms. The van der Waals surface area contributed by atoms with E-state index in [2.05, 4.69) is 34.6 Å². The molecule has 144 valence electrons. The van der Waals surface area contributed by atoms with Crippen molar-refractivity contribution >= 4 is 0 Å². The average molecular weight is 337 g/mol. The third kappa shape index (κ3) is 3.59. The predicted octanol–water partition coefficient (Wildman–Crippen LogP) is 8.21. The van der Waals surface area contributed by atoms with E-state index in [1.807, 2.05) is 13.8 Å². The van der Waals surface area contributed by atoms with Gasteiger partial charge in [0.15, 0.2) is 0 Å². The molecule has 3 saturated carbocycles. The van der Waals surface area contributed by atoms with Crippen LogP contribution in [0.3, 0.4) is 0 Å². The van der Waals surface area contributed by atoms with Crippen molar-refractivity contribution in [3.63, 3.8) is 0 Å². The summed E-state index contributed by atoms with van der Waals surface area (Å²) in [7, 11) is 0. The van der Waals surface area contributed by atoms with Crippen LogP contribution in [0.2, 0.25) is 0 Å². The highest BCUT2D eigenvalue weighted by Gasteiger charge is 2.54. The van der Waals surface area contributed by atoms with Crippen LogP contribution in [0, 0.1) is 46.8 Å². The van der Waals surface area contributed by atoms with Gasteiger partial charge in [-0.15, -0.1) is 0 Å². The van der Waals surface area contributed by atoms with Gasteiger partial charge >= 0.3 is 0 Å².